The molecule has 3 aliphatic rings. The lowest BCUT2D eigenvalue weighted by Crippen LogP contribution is -2.63. The van der Waals surface area contributed by atoms with Crippen molar-refractivity contribution in [3.8, 4) is 0 Å². The molecule has 3 N–H and O–H groups in total. The van der Waals surface area contributed by atoms with Crippen molar-refractivity contribution in [3.63, 3.8) is 0 Å². The van der Waals surface area contributed by atoms with Gasteiger partial charge in [0, 0.05) is 18.0 Å². The molecule has 182 valence electrons. The molecule has 3 heterocycles. The van der Waals surface area contributed by atoms with Crippen LogP contribution in [0.3, 0.4) is 0 Å². The van der Waals surface area contributed by atoms with Crippen molar-refractivity contribution >= 4 is 40.2 Å². The average Bonchev–Trinajstić information content (AvgIpc) is 3.23. The van der Waals surface area contributed by atoms with Crippen molar-refractivity contribution in [1.82, 2.24) is 20.0 Å². The van der Waals surface area contributed by atoms with Gasteiger partial charge in [0.2, 0.25) is 11.8 Å². The van der Waals surface area contributed by atoms with Gasteiger partial charge in [-0.25, -0.2) is 4.39 Å². The van der Waals surface area contributed by atoms with Gasteiger partial charge >= 0.3 is 0 Å². The van der Waals surface area contributed by atoms with Crippen LogP contribution in [0.15, 0.2) is 42.5 Å². The van der Waals surface area contributed by atoms with Crippen LogP contribution in [-0.2, 0) is 22.7 Å². The number of rotatable bonds is 6. The van der Waals surface area contributed by atoms with Gasteiger partial charge in [-0.05, 0) is 55.4 Å². The third kappa shape index (κ3) is 4.36. The molecular weight excluding hydrogens is 473 g/mol. The van der Waals surface area contributed by atoms with Gasteiger partial charge in [-0.3, -0.25) is 19.1 Å². The Morgan fingerprint density at radius 2 is 1.86 bits per heavy atom. The number of primary amides is 1. The molecule has 0 radical (unpaired) electrons. The summed E-state index contributed by atoms with van der Waals surface area (Å²) in [6, 6.07) is 10.8. The lowest BCUT2D eigenvalue weighted by atomic mass is 9.74. The number of benzene rings is 2. The van der Waals surface area contributed by atoms with Gasteiger partial charge in [-0.1, -0.05) is 35.9 Å². The van der Waals surface area contributed by atoms with E-state index in [2.05, 4.69) is 10.4 Å². The molecule has 35 heavy (non-hydrogen) atoms. The largest absolute Gasteiger partial charge is 0.364 e. The van der Waals surface area contributed by atoms with Gasteiger partial charge in [0.15, 0.2) is 5.69 Å². The first-order chi connectivity index (χ1) is 16.8. The number of para-hydroxylation sites is 1. The molecule has 2 bridgehead atoms. The van der Waals surface area contributed by atoms with Gasteiger partial charge in [-0.15, -0.1) is 0 Å². The van der Waals surface area contributed by atoms with Crippen LogP contribution in [0, 0.1) is 11.7 Å². The Morgan fingerprint density at radius 3 is 2.57 bits per heavy atom. The first-order valence-electron chi connectivity index (χ1n) is 11.6. The zero-order valence-corrected chi connectivity index (χ0v) is 19.7. The Bertz CT molecular complexity index is 1320. The fraction of sp³-hybridized carbons (Fsp3) is 0.360. The van der Waals surface area contributed by atoms with E-state index in [0.29, 0.717) is 16.5 Å². The van der Waals surface area contributed by atoms with Crippen molar-refractivity contribution in [2.75, 3.05) is 0 Å². The predicted octanol–water partition coefficient (Wildman–Crippen LogP) is 3.01. The van der Waals surface area contributed by atoms with E-state index >= 15 is 0 Å². The molecule has 3 amide bonds. The smallest absolute Gasteiger partial charge is 0.269 e. The Labute approximate surface area is 206 Å². The maximum Gasteiger partial charge on any atom is 0.269 e. The van der Waals surface area contributed by atoms with Gasteiger partial charge in [0.1, 0.15) is 18.4 Å². The van der Waals surface area contributed by atoms with Crippen LogP contribution in [0.5, 0.6) is 0 Å². The fourth-order valence-electron chi connectivity index (χ4n) is 5.43. The molecule has 6 rings (SSSR count). The summed E-state index contributed by atoms with van der Waals surface area (Å²) in [7, 11) is 0. The maximum absolute atomic E-state index is 13.8. The van der Waals surface area contributed by atoms with E-state index < -0.39 is 17.8 Å². The molecule has 2 saturated heterocycles. The second kappa shape index (κ2) is 9.30. The Balaban J connectivity index is 1.37. The molecule has 3 fully saturated rings. The summed E-state index contributed by atoms with van der Waals surface area (Å²) in [6.45, 7) is 0.0256. The molecule has 1 aliphatic carbocycles. The number of piperidine rings is 2. The minimum atomic E-state index is -0.666. The number of halogens is 2. The highest BCUT2D eigenvalue weighted by Gasteiger charge is 2.47. The topological polar surface area (TPSA) is 110 Å². The minimum absolute atomic E-state index is 0.0204. The minimum Gasteiger partial charge on any atom is -0.364 e. The second-order valence-corrected chi connectivity index (χ2v) is 9.58. The third-order valence-electron chi connectivity index (χ3n) is 7.06. The standard InChI is InChI=1S/C25H25ClFN5O3/c26-18-10-5-14(11-19(18)27)12-29-25(35)23-15-6-8-16(9-7-15)32(23)21(33)13-31-20-4-2-1-3-17(20)22(30-31)24(28)34/h1-5,10-11,15-16,23H,6-9,12-13H2,(H2,28,34)(H,29,35)/t15?,16?,23-/m1/s1. The average molecular weight is 498 g/mol. The Kier molecular flexibility index (Phi) is 6.19. The third-order valence-corrected chi connectivity index (χ3v) is 7.37. The van der Waals surface area contributed by atoms with Crippen LogP contribution in [-0.4, -0.2) is 44.5 Å². The monoisotopic (exact) mass is 497 g/mol. The van der Waals surface area contributed by atoms with Crippen LogP contribution in [0.1, 0.15) is 41.7 Å². The first kappa shape index (κ1) is 23.3. The van der Waals surface area contributed by atoms with E-state index in [1.807, 2.05) is 0 Å². The molecule has 2 aliphatic heterocycles. The number of aromatic nitrogens is 2. The highest BCUT2D eigenvalue weighted by Crippen LogP contribution is 2.40. The summed E-state index contributed by atoms with van der Waals surface area (Å²) in [4.78, 5) is 40.4. The molecule has 8 nitrogen and oxygen atoms in total. The molecule has 1 aromatic heterocycles. The van der Waals surface area contributed by atoms with Gasteiger partial charge in [0.05, 0.1) is 10.5 Å². The van der Waals surface area contributed by atoms with Crippen molar-refractivity contribution in [3.05, 3.63) is 64.6 Å². The fourth-order valence-corrected chi connectivity index (χ4v) is 5.55. The molecule has 2 aromatic carbocycles. The van der Waals surface area contributed by atoms with Crippen LogP contribution in [0.25, 0.3) is 10.9 Å². The predicted molar refractivity (Wildman–Crippen MR) is 128 cm³/mol. The number of nitrogens with one attached hydrogen (secondary N) is 1. The number of nitrogens with zero attached hydrogens (tertiary/aromatic N) is 3. The molecule has 1 saturated carbocycles. The van der Waals surface area contributed by atoms with Gasteiger partial charge in [-0.2, -0.15) is 5.10 Å². The Hall–Kier alpha value is -3.46. The van der Waals surface area contributed by atoms with Crippen molar-refractivity contribution < 1.29 is 18.8 Å². The van der Waals surface area contributed by atoms with Crippen molar-refractivity contribution in [1.29, 1.82) is 0 Å². The van der Waals surface area contributed by atoms with Crippen LogP contribution >= 0.6 is 11.6 Å². The summed E-state index contributed by atoms with van der Waals surface area (Å²) >= 11 is 5.74. The van der Waals surface area contributed by atoms with E-state index in [9.17, 15) is 18.8 Å². The highest BCUT2D eigenvalue weighted by molar-refractivity contribution is 6.30. The molecule has 0 unspecified atom stereocenters. The molecule has 3 aromatic rings. The van der Waals surface area contributed by atoms with Crippen LogP contribution < -0.4 is 11.1 Å². The summed E-state index contributed by atoms with van der Waals surface area (Å²) in [6.07, 6.45) is 3.43. The van der Waals surface area contributed by atoms with Crippen LogP contribution in [0.4, 0.5) is 4.39 Å². The highest BCUT2D eigenvalue weighted by atomic mass is 35.5. The van der Waals surface area contributed by atoms with Gasteiger partial charge in [0.25, 0.3) is 5.91 Å². The molecular formula is C25H25ClFN5O3. The normalized spacial score (nSPS) is 21.3. The quantitative estimate of drug-likeness (QED) is 0.545. The number of hydrogen-bond donors (Lipinski definition) is 2. The molecule has 10 heteroatoms. The molecule has 0 spiro atoms. The lowest BCUT2D eigenvalue weighted by Gasteiger charge is -2.50. The summed E-state index contributed by atoms with van der Waals surface area (Å²) in [5.41, 5.74) is 6.80. The number of amides is 3. The number of carbonyl (C=O) groups is 3. The maximum atomic E-state index is 13.8. The first-order valence-corrected chi connectivity index (χ1v) is 12.0. The zero-order valence-electron chi connectivity index (χ0n) is 18.9. The van der Waals surface area contributed by atoms with Crippen molar-refractivity contribution in [2.45, 2.75) is 50.9 Å². The Morgan fingerprint density at radius 1 is 1.11 bits per heavy atom. The van der Waals surface area contributed by atoms with Gasteiger partial charge < -0.3 is 16.0 Å². The summed E-state index contributed by atoms with van der Waals surface area (Å²) in [5, 5.41) is 7.77. The van der Waals surface area contributed by atoms with E-state index in [1.54, 1.807) is 35.2 Å². The number of carbonyl (C=O) groups excluding carboxylic acids is 3. The van der Waals surface area contributed by atoms with E-state index in [4.69, 9.17) is 17.3 Å². The lowest BCUT2D eigenvalue weighted by molar-refractivity contribution is -0.154. The molecule has 1 atom stereocenters. The van der Waals surface area contributed by atoms with Crippen LogP contribution in [0.2, 0.25) is 5.02 Å². The summed E-state index contributed by atoms with van der Waals surface area (Å²) in [5.74, 6) is -1.65. The number of nitrogens with two attached hydrogens (primary N) is 1. The zero-order chi connectivity index (χ0) is 24.7. The van der Waals surface area contributed by atoms with E-state index in [0.717, 1.165) is 25.7 Å². The van der Waals surface area contributed by atoms with E-state index in [-0.39, 0.29) is 47.6 Å². The number of fused-ring (bicyclic) bond motifs is 4. The second-order valence-electron chi connectivity index (χ2n) is 9.17. The number of hydrogen-bond acceptors (Lipinski definition) is 4. The SMILES string of the molecule is NC(=O)c1nn(CC(=O)N2C3CCC(CC3)[C@@H]2C(=O)NCc2ccc(Cl)c(F)c2)c2ccccc12. The summed E-state index contributed by atoms with van der Waals surface area (Å²) < 4.78 is 15.3. The van der Waals surface area contributed by atoms with E-state index in [1.165, 1.54) is 16.8 Å². The van der Waals surface area contributed by atoms with Crippen molar-refractivity contribution in [2.24, 2.45) is 11.7 Å².